The molecular weight excluding hydrogens is 446 g/mol. The van der Waals surface area contributed by atoms with Crippen LogP contribution in [-0.4, -0.2) is 33.1 Å². The van der Waals surface area contributed by atoms with Crippen molar-refractivity contribution in [3.05, 3.63) is 72.1 Å². The largest absolute Gasteiger partial charge is 0.463 e. The molecule has 168 valence electrons. The van der Waals surface area contributed by atoms with Gasteiger partial charge in [-0.05, 0) is 43.7 Å². The van der Waals surface area contributed by atoms with Gasteiger partial charge in [-0.15, -0.1) is 4.36 Å². The number of nitrogen functional groups attached to an aromatic ring is 1. The fraction of sp³-hybridized carbons (Fsp3) is 0.143. The highest BCUT2D eigenvalue weighted by Gasteiger charge is 2.16. The third-order valence-corrected chi connectivity index (χ3v) is 4.78. The van der Waals surface area contributed by atoms with Crippen molar-refractivity contribution >= 4 is 33.3 Å². The van der Waals surface area contributed by atoms with E-state index in [4.69, 9.17) is 14.7 Å². The molecule has 2 N–H and O–H groups in total. The monoisotopic (exact) mass is 465 g/mol. The standard InChI is InChI=1S/C16H12N6O3S.C5H7NO/c17-16-19-13(12-5-2-6-25-12)14-15(20-16)22(9-18-14)8-10-3-1-4-11(7-10)21-26(23)24;1-4-3-5(2)7-6-4/h1-7,9H,8H2,(H2,17,19,20);3H,1-2H3. The predicted molar refractivity (Wildman–Crippen MR) is 120 cm³/mol. The first kappa shape index (κ1) is 21.9. The van der Waals surface area contributed by atoms with Gasteiger partial charge >= 0.3 is 10.5 Å². The minimum absolute atomic E-state index is 0.108. The topological polar surface area (TPSA) is 155 Å². The Morgan fingerprint density at radius 2 is 1.97 bits per heavy atom. The molecule has 4 heterocycles. The smallest absolute Gasteiger partial charge is 0.316 e. The number of nitrogens with zero attached hydrogens (tertiary/aromatic N) is 6. The normalized spacial score (nSPS) is 10.6. The van der Waals surface area contributed by atoms with Crippen LogP contribution >= 0.6 is 0 Å². The Labute approximate surface area is 189 Å². The second-order valence-corrected chi connectivity index (χ2v) is 7.63. The Bertz CT molecular complexity index is 1510. The summed E-state index contributed by atoms with van der Waals surface area (Å²) >= 11 is 0. The Kier molecular flexibility index (Phi) is 6.26. The van der Waals surface area contributed by atoms with Crippen LogP contribution < -0.4 is 5.73 Å². The quantitative estimate of drug-likeness (QED) is 0.418. The Hall–Kier alpha value is -4.32. The highest BCUT2D eigenvalue weighted by Crippen LogP contribution is 2.26. The number of hydrogen-bond donors (Lipinski definition) is 1. The summed E-state index contributed by atoms with van der Waals surface area (Å²) in [5.74, 6) is 1.53. The number of rotatable bonds is 4. The third kappa shape index (κ3) is 5.30. The zero-order valence-electron chi connectivity index (χ0n) is 17.7. The minimum atomic E-state index is -2.50. The first-order valence-corrected chi connectivity index (χ1v) is 10.7. The number of imidazole rings is 1. The molecule has 0 amide bonds. The summed E-state index contributed by atoms with van der Waals surface area (Å²) in [4.78, 5) is 12.9. The van der Waals surface area contributed by atoms with Crippen LogP contribution in [0, 0.1) is 13.8 Å². The molecule has 0 aliphatic carbocycles. The van der Waals surface area contributed by atoms with Crippen molar-refractivity contribution in [1.29, 1.82) is 0 Å². The van der Waals surface area contributed by atoms with Gasteiger partial charge in [0.05, 0.1) is 30.5 Å². The maximum absolute atomic E-state index is 10.7. The van der Waals surface area contributed by atoms with Gasteiger partial charge in [0.15, 0.2) is 11.4 Å². The molecule has 0 radical (unpaired) electrons. The molecular formula is C21H19N7O4S. The lowest BCUT2D eigenvalue weighted by molar-refractivity contribution is 0.393. The molecule has 0 aliphatic heterocycles. The lowest BCUT2D eigenvalue weighted by Crippen LogP contribution is -2.03. The summed E-state index contributed by atoms with van der Waals surface area (Å²) in [6.07, 6.45) is 3.17. The van der Waals surface area contributed by atoms with E-state index in [1.165, 1.54) is 0 Å². The van der Waals surface area contributed by atoms with Crippen molar-refractivity contribution in [2.24, 2.45) is 4.36 Å². The van der Waals surface area contributed by atoms with Crippen LogP contribution in [0.3, 0.4) is 0 Å². The van der Waals surface area contributed by atoms with E-state index in [2.05, 4.69) is 24.5 Å². The van der Waals surface area contributed by atoms with Crippen LogP contribution in [0.5, 0.6) is 0 Å². The molecule has 0 fully saturated rings. The Morgan fingerprint density at radius 3 is 2.61 bits per heavy atom. The SMILES string of the molecule is Cc1cc(C)on1.Nc1nc(-c2ccco2)c2ncn(Cc3cccc(N=S(=O)=O)c3)c2n1. The average molecular weight is 465 g/mol. The van der Waals surface area contributed by atoms with E-state index in [1.54, 1.807) is 47.5 Å². The number of fused-ring (bicyclic) bond motifs is 1. The number of furan rings is 1. The molecule has 4 aromatic heterocycles. The molecule has 0 saturated heterocycles. The van der Waals surface area contributed by atoms with Gasteiger partial charge in [0.25, 0.3) is 0 Å². The summed E-state index contributed by atoms with van der Waals surface area (Å²) in [5, 5.41) is 3.64. The molecule has 0 aliphatic rings. The maximum atomic E-state index is 10.7. The number of aromatic nitrogens is 5. The van der Waals surface area contributed by atoms with E-state index in [0.717, 1.165) is 17.0 Å². The van der Waals surface area contributed by atoms with Crippen LogP contribution in [0.15, 0.2) is 68.4 Å². The zero-order chi connectivity index (χ0) is 23.4. The molecule has 0 atom stereocenters. The van der Waals surface area contributed by atoms with Gasteiger partial charge in [-0.25, -0.2) is 9.97 Å². The van der Waals surface area contributed by atoms with Crippen LogP contribution in [0.2, 0.25) is 0 Å². The molecule has 33 heavy (non-hydrogen) atoms. The van der Waals surface area contributed by atoms with Gasteiger partial charge in [0.2, 0.25) is 5.95 Å². The Balaban J connectivity index is 0.000000318. The van der Waals surface area contributed by atoms with Crippen molar-refractivity contribution in [3.8, 4) is 11.5 Å². The summed E-state index contributed by atoms with van der Waals surface area (Å²) < 4.78 is 36.9. The maximum Gasteiger partial charge on any atom is 0.316 e. The molecule has 0 bridgehead atoms. The minimum Gasteiger partial charge on any atom is -0.463 e. The molecule has 1 aromatic carbocycles. The van der Waals surface area contributed by atoms with Crippen molar-refractivity contribution in [2.45, 2.75) is 20.4 Å². The first-order chi connectivity index (χ1) is 15.9. The van der Waals surface area contributed by atoms with E-state index in [9.17, 15) is 8.42 Å². The van der Waals surface area contributed by atoms with Crippen molar-refractivity contribution in [1.82, 2.24) is 24.7 Å². The number of anilines is 1. The van der Waals surface area contributed by atoms with E-state index >= 15 is 0 Å². The number of aryl methyl sites for hydroxylation is 2. The van der Waals surface area contributed by atoms with Crippen LogP contribution in [0.1, 0.15) is 17.0 Å². The van der Waals surface area contributed by atoms with E-state index < -0.39 is 10.5 Å². The summed E-state index contributed by atoms with van der Waals surface area (Å²) in [7, 11) is -2.50. The molecule has 0 unspecified atom stereocenters. The molecule has 11 nitrogen and oxygen atoms in total. The van der Waals surface area contributed by atoms with Crippen LogP contribution in [0.4, 0.5) is 11.6 Å². The highest BCUT2D eigenvalue weighted by atomic mass is 32.2. The Morgan fingerprint density at radius 1 is 1.12 bits per heavy atom. The van der Waals surface area contributed by atoms with Gasteiger partial charge in [-0.2, -0.15) is 13.4 Å². The lowest BCUT2D eigenvalue weighted by atomic mass is 10.2. The van der Waals surface area contributed by atoms with Crippen molar-refractivity contribution < 1.29 is 17.4 Å². The van der Waals surface area contributed by atoms with E-state index in [1.807, 2.05) is 26.0 Å². The summed E-state index contributed by atoms with van der Waals surface area (Å²) in [5.41, 5.74) is 9.61. The third-order valence-electron chi connectivity index (χ3n) is 4.42. The highest BCUT2D eigenvalue weighted by molar-refractivity contribution is 7.61. The number of nitrogens with two attached hydrogens (primary N) is 1. The first-order valence-electron chi connectivity index (χ1n) is 9.71. The van der Waals surface area contributed by atoms with Gasteiger partial charge in [-0.3, -0.25) is 0 Å². The van der Waals surface area contributed by atoms with Gasteiger partial charge in [-0.1, -0.05) is 17.3 Å². The van der Waals surface area contributed by atoms with Gasteiger partial charge < -0.3 is 19.2 Å². The van der Waals surface area contributed by atoms with Crippen molar-refractivity contribution in [2.75, 3.05) is 5.73 Å². The molecule has 12 heteroatoms. The number of hydrogen-bond acceptors (Lipinski definition) is 10. The van der Waals surface area contributed by atoms with Gasteiger partial charge in [0, 0.05) is 6.07 Å². The second kappa shape index (κ2) is 9.44. The fourth-order valence-electron chi connectivity index (χ4n) is 3.15. The van der Waals surface area contributed by atoms with Crippen LogP contribution in [0.25, 0.3) is 22.6 Å². The van der Waals surface area contributed by atoms with E-state index in [0.29, 0.717) is 34.9 Å². The average Bonchev–Trinajstić information content (AvgIpc) is 3.50. The van der Waals surface area contributed by atoms with Crippen molar-refractivity contribution in [3.63, 3.8) is 0 Å². The molecule has 0 spiro atoms. The molecule has 5 rings (SSSR count). The second-order valence-electron chi connectivity index (χ2n) is 7.01. The zero-order valence-corrected chi connectivity index (χ0v) is 18.5. The summed E-state index contributed by atoms with van der Waals surface area (Å²) in [6.45, 7) is 4.19. The van der Waals surface area contributed by atoms with E-state index in [-0.39, 0.29) is 5.95 Å². The predicted octanol–water partition coefficient (Wildman–Crippen LogP) is 3.70. The molecule has 0 saturated carbocycles. The lowest BCUT2D eigenvalue weighted by Gasteiger charge is -2.06. The van der Waals surface area contributed by atoms with Gasteiger partial charge in [0.1, 0.15) is 17.0 Å². The summed E-state index contributed by atoms with van der Waals surface area (Å²) in [6, 6.07) is 12.3. The van der Waals surface area contributed by atoms with Crippen LogP contribution in [-0.2, 0) is 17.0 Å². The number of benzene rings is 1. The fourth-order valence-corrected chi connectivity index (χ4v) is 3.43. The molecule has 5 aromatic rings.